The van der Waals surface area contributed by atoms with E-state index >= 15 is 0 Å². The Kier molecular flexibility index (Phi) is 6.48. The van der Waals surface area contributed by atoms with Gasteiger partial charge in [-0.15, -0.1) is 11.3 Å². The summed E-state index contributed by atoms with van der Waals surface area (Å²) >= 11 is 1.63. The second kappa shape index (κ2) is 10.1. The van der Waals surface area contributed by atoms with Crippen LogP contribution in [0.4, 0.5) is 0 Å². The number of aromatic nitrogens is 1. The Labute approximate surface area is 215 Å². The third-order valence-electron chi connectivity index (χ3n) is 7.09. The third kappa shape index (κ3) is 4.89. The van der Waals surface area contributed by atoms with Crippen LogP contribution < -0.4 is 4.74 Å². The van der Waals surface area contributed by atoms with Gasteiger partial charge in [-0.1, -0.05) is 48.5 Å². The third-order valence-corrected chi connectivity index (χ3v) is 8.17. The minimum absolute atomic E-state index is 0.271. The van der Waals surface area contributed by atoms with Crippen molar-refractivity contribution in [3.05, 3.63) is 84.3 Å². The number of aliphatic hydroxyl groups excluding tert-OH is 1. The molecule has 0 spiro atoms. The zero-order valence-corrected chi connectivity index (χ0v) is 21.2. The fraction of sp³-hybridized carbons (Fsp3) is 0.300. The number of likely N-dealkylation sites (tertiary alicyclic amines) is 1. The van der Waals surface area contributed by atoms with Gasteiger partial charge in [0.1, 0.15) is 24.2 Å². The standard InChI is InChI=1S/C30H30N2O3S/c1-20-17-31-30(35-20)29-16-26-27(7-4-8-28(26)36-29)34-19-25(33)18-32-13-11-22(12-14-32)24-10-9-21-5-2-3-6-23(21)15-24/h2-10,15-17,22,25,33H,11-14,18-19H2,1H3. The van der Waals surface area contributed by atoms with Gasteiger partial charge >= 0.3 is 0 Å². The summed E-state index contributed by atoms with van der Waals surface area (Å²) in [6.07, 6.45) is 3.43. The van der Waals surface area contributed by atoms with E-state index in [9.17, 15) is 5.11 Å². The molecule has 6 rings (SSSR count). The predicted molar refractivity (Wildman–Crippen MR) is 146 cm³/mol. The molecule has 1 aliphatic rings. The Balaban J connectivity index is 1.04. The second-order valence-electron chi connectivity index (χ2n) is 9.70. The highest BCUT2D eigenvalue weighted by atomic mass is 32.1. The van der Waals surface area contributed by atoms with Gasteiger partial charge in [-0.05, 0) is 73.3 Å². The van der Waals surface area contributed by atoms with E-state index < -0.39 is 6.10 Å². The summed E-state index contributed by atoms with van der Waals surface area (Å²) in [5, 5.41) is 14.4. The molecular weight excluding hydrogens is 468 g/mol. The van der Waals surface area contributed by atoms with Crippen LogP contribution in [0.25, 0.3) is 31.6 Å². The normalized spacial score (nSPS) is 16.1. The summed E-state index contributed by atoms with van der Waals surface area (Å²) in [4.78, 5) is 7.68. The van der Waals surface area contributed by atoms with Crippen LogP contribution in [0.2, 0.25) is 0 Å². The number of hydrogen-bond acceptors (Lipinski definition) is 6. The molecule has 2 aromatic heterocycles. The summed E-state index contributed by atoms with van der Waals surface area (Å²) in [5.41, 5.74) is 1.43. The Bertz CT molecular complexity index is 1480. The Morgan fingerprint density at radius 3 is 2.69 bits per heavy atom. The lowest BCUT2D eigenvalue weighted by atomic mass is 9.88. The molecule has 36 heavy (non-hydrogen) atoms. The molecule has 184 valence electrons. The minimum atomic E-state index is -0.537. The molecule has 6 heteroatoms. The smallest absolute Gasteiger partial charge is 0.236 e. The quantitative estimate of drug-likeness (QED) is 0.273. The first-order valence-electron chi connectivity index (χ1n) is 12.6. The lowest BCUT2D eigenvalue weighted by Crippen LogP contribution is -2.40. The van der Waals surface area contributed by atoms with E-state index in [2.05, 4.69) is 64.5 Å². The summed E-state index contributed by atoms with van der Waals surface area (Å²) in [6, 6.07) is 23.5. The number of β-amino-alcohol motifs (C(OH)–C–C–N with tert-alkyl or cyclic N) is 1. The van der Waals surface area contributed by atoms with Gasteiger partial charge in [0.05, 0.1) is 11.1 Å². The number of piperidine rings is 1. The van der Waals surface area contributed by atoms with Crippen molar-refractivity contribution >= 4 is 32.2 Å². The number of rotatable bonds is 7. The lowest BCUT2D eigenvalue weighted by molar-refractivity contribution is 0.0599. The molecule has 0 amide bonds. The van der Waals surface area contributed by atoms with Crippen LogP contribution in [0.1, 0.15) is 30.1 Å². The van der Waals surface area contributed by atoms with Gasteiger partial charge in [0.2, 0.25) is 5.89 Å². The van der Waals surface area contributed by atoms with E-state index in [-0.39, 0.29) is 6.61 Å². The number of oxazole rings is 1. The van der Waals surface area contributed by atoms with Gasteiger partial charge in [0.15, 0.2) is 0 Å². The van der Waals surface area contributed by atoms with Crippen molar-refractivity contribution in [2.45, 2.75) is 31.8 Å². The van der Waals surface area contributed by atoms with Gasteiger partial charge in [-0.3, -0.25) is 0 Å². The molecule has 0 radical (unpaired) electrons. The number of fused-ring (bicyclic) bond motifs is 2. The minimum Gasteiger partial charge on any atom is -0.490 e. The average Bonchev–Trinajstić information content (AvgIpc) is 3.54. The molecule has 5 aromatic rings. The van der Waals surface area contributed by atoms with Gasteiger partial charge in [0.25, 0.3) is 0 Å². The van der Waals surface area contributed by atoms with Crippen LogP contribution in [0.5, 0.6) is 5.75 Å². The first-order valence-corrected chi connectivity index (χ1v) is 13.4. The van der Waals surface area contributed by atoms with E-state index in [1.807, 2.05) is 19.1 Å². The number of nitrogens with zero attached hydrogens (tertiary/aromatic N) is 2. The van der Waals surface area contributed by atoms with Crippen molar-refractivity contribution < 1.29 is 14.3 Å². The van der Waals surface area contributed by atoms with Crippen molar-refractivity contribution in [1.82, 2.24) is 9.88 Å². The van der Waals surface area contributed by atoms with Crippen molar-refractivity contribution in [3.8, 4) is 16.5 Å². The molecule has 1 unspecified atom stereocenters. The van der Waals surface area contributed by atoms with E-state index in [4.69, 9.17) is 9.15 Å². The van der Waals surface area contributed by atoms with Gasteiger partial charge in [0, 0.05) is 16.6 Å². The number of benzene rings is 3. The molecule has 1 N–H and O–H groups in total. The van der Waals surface area contributed by atoms with Crippen molar-refractivity contribution in [2.75, 3.05) is 26.2 Å². The lowest BCUT2D eigenvalue weighted by Gasteiger charge is -2.33. The van der Waals surface area contributed by atoms with Crippen molar-refractivity contribution in [3.63, 3.8) is 0 Å². The number of aryl methyl sites for hydroxylation is 1. The van der Waals surface area contributed by atoms with E-state index in [0.29, 0.717) is 18.4 Å². The van der Waals surface area contributed by atoms with E-state index in [1.54, 1.807) is 17.5 Å². The molecule has 3 aromatic carbocycles. The molecule has 3 heterocycles. The molecule has 0 bridgehead atoms. The maximum Gasteiger partial charge on any atom is 0.236 e. The maximum atomic E-state index is 10.7. The predicted octanol–water partition coefficient (Wildman–Crippen LogP) is 6.64. The SMILES string of the molecule is Cc1cnc(-c2cc3c(OCC(O)CN4CCC(c5ccc6ccccc6c5)CC4)cccc3s2)o1. The fourth-order valence-corrected chi connectivity index (χ4v) is 6.19. The molecule has 0 aliphatic carbocycles. The van der Waals surface area contributed by atoms with Crippen molar-refractivity contribution in [1.29, 1.82) is 0 Å². The zero-order valence-electron chi connectivity index (χ0n) is 20.4. The van der Waals surface area contributed by atoms with Gasteiger partial charge < -0.3 is 19.2 Å². The van der Waals surface area contributed by atoms with E-state index in [1.165, 1.54) is 16.3 Å². The molecule has 1 atom stereocenters. The molecule has 5 nitrogen and oxygen atoms in total. The fourth-order valence-electron chi connectivity index (χ4n) is 5.18. The van der Waals surface area contributed by atoms with Crippen LogP contribution in [-0.4, -0.2) is 47.3 Å². The number of aliphatic hydroxyl groups is 1. The van der Waals surface area contributed by atoms with Crippen LogP contribution >= 0.6 is 11.3 Å². The van der Waals surface area contributed by atoms with Crippen LogP contribution in [0, 0.1) is 6.92 Å². The topological polar surface area (TPSA) is 58.7 Å². The molecule has 1 saturated heterocycles. The average molecular weight is 499 g/mol. The Morgan fingerprint density at radius 2 is 1.89 bits per heavy atom. The van der Waals surface area contributed by atoms with Gasteiger partial charge in [-0.2, -0.15) is 0 Å². The van der Waals surface area contributed by atoms with E-state index in [0.717, 1.165) is 52.4 Å². The molecule has 1 fully saturated rings. The summed E-state index contributed by atoms with van der Waals surface area (Å²) in [7, 11) is 0. The monoisotopic (exact) mass is 498 g/mol. The van der Waals surface area contributed by atoms with Gasteiger partial charge in [-0.25, -0.2) is 4.98 Å². The largest absolute Gasteiger partial charge is 0.490 e. The van der Waals surface area contributed by atoms with Crippen LogP contribution in [0.3, 0.4) is 0 Å². The number of ether oxygens (including phenoxy) is 1. The molecule has 1 aliphatic heterocycles. The number of hydrogen-bond donors (Lipinski definition) is 1. The molecular formula is C30H30N2O3S. The summed E-state index contributed by atoms with van der Waals surface area (Å²) in [5.74, 6) is 2.79. The van der Waals surface area contributed by atoms with Crippen LogP contribution in [0.15, 0.2) is 77.3 Å². The van der Waals surface area contributed by atoms with Crippen LogP contribution in [-0.2, 0) is 0 Å². The zero-order chi connectivity index (χ0) is 24.5. The summed E-state index contributed by atoms with van der Waals surface area (Å²) < 4.78 is 12.9. The highest BCUT2D eigenvalue weighted by Gasteiger charge is 2.23. The molecule has 0 saturated carbocycles. The Hall–Kier alpha value is -3.19. The highest BCUT2D eigenvalue weighted by molar-refractivity contribution is 7.22. The first kappa shape index (κ1) is 23.2. The Morgan fingerprint density at radius 1 is 1.06 bits per heavy atom. The maximum absolute atomic E-state index is 10.7. The number of thiophene rings is 1. The highest BCUT2D eigenvalue weighted by Crippen LogP contribution is 2.38. The second-order valence-corrected chi connectivity index (χ2v) is 10.8. The van der Waals surface area contributed by atoms with Crippen molar-refractivity contribution in [2.24, 2.45) is 0 Å². The first-order chi connectivity index (χ1) is 17.6. The summed E-state index contributed by atoms with van der Waals surface area (Å²) in [6.45, 7) is 4.78.